The van der Waals surface area contributed by atoms with Crippen molar-refractivity contribution >= 4 is 11.6 Å². The number of anilines is 1. The van der Waals surface area contributed by atoms with Crippen LogP contribution >= 0.6 is 0 Å². The van der Waals surface area contributed by atoms with Crippen LogP contribution in [0.5, 0.6) is 0 Å². The number of tetrazole rings is 1. The van der Waals surface area contributed by atoms with Gasteiger partial charge in [0.05, 0.1) is 5.69 Å². The van der Waals surface area contributed by atoms with Crippen molar-refractivity contribution in [1.29, 1.82) is 0 Å². The maximum Gasteiger partial charge on any atom is 0.227 e. The molecule has 1 amide bonds. The molecule has 1 aliphatic rings. The number of nitrogens with zero attached hydrogens (tertiary/aromatic N) is 4. The van der Waals surface area contributed by atoms with Gasteiger partial charge in [0.15, 0.2) is 5.82 Å². The summed E-state index contributed by atoms with van der Waals surface area (Å²) in [7, 11) is 1.78. The van der Waals surface area contributed by atoms with Crippen molar-refractivity contribution in [3.8, 4) is 11.4 Å². The number of para-hydroxylation sites is 1. The highest BCUT2D eigenvalue weighted by Gasteiger charge is 2.32. The number of amides is 1. The van der Waals surface area contributed by atoms with Gasteiger partial charge in [-0.25, -0.2) is 4.68 Å². The molecule has 20 heavy (non-hydrogen) atoms. The summed E-state index contributed by atoms with van der Waals surface area (Å²) in [4.78, 5) is 12.2. The minimum absolute atomic E-state index is 0.0562. The Morgan fingerprint density at radius 1 is 1.40 bits per heavy atom. The summed E-state index contributed by atoms with van der Waals surface area (Å²) < 4.78 is 1.59. The van der Waals surface area contributed by atoms with Crippen LogP contribution in [0.4, 0.5) is 5.69 Å². The van der Waals surface area contributed by atoms with E-state index in [2.05, 4.69) is 20.8 Å². The first-order valence-corrected chi connectivity index (χ1v) is 6.79. The number of aromatic nitrogens is 4. The molecule has 0 spiro atoms. The van der Waals surface area contributed by atoms with Gasteiger partial charge < -0.3 is 5.32 Å². The molecular weight excluding hydrogens is 254 g/mol. The molecule has 1 heterocycles. The highest BCUT2D eigenvalue weighted by Crippen LogP contribution is 2.37. The van der Waals surface area contributed by atoms with Gasteiger partial charge in [-0.1, -0.05) is 19.1 Å². The van der Waals surface area contributed by atoms with Gasteiger partial charge in [0.25, 0.3) is 0 Å². The number of benzene rings is 1. The highest BCUT2D eigenvalue weighted by atomic mass is 16.1. The van der Waals surface area contributed by atoms with Crippen molar-refractivity contribution in [2.75, 3.05) is 5.32 Å². The monoisotopic (exact) mass is 271 g/mol. The number of aryl methyl sites for hydroxylation is 1. The Kier molecular flexibility index (Phi) is 3.22. The maximum atomic E-state index is 12.2. The fourth-order valence-electron chi connectivity index (χ4n) is 2.30. The Morgan fingerprint density at radius 2 is 2.15 bits per heavy atom. The average Bonchev–Trinajstić information content (AvgIpc) is 3.21. The Hall–Kier alpha value is -2.24. The Balaban J connectivity index is 1.86. The van der Waals surface area contributed by atoms with Crippen molar-refractivity contribution in [2.24, 2.45) is 18.9 Å². The number of nitrogens with one attached hydrogen (secondary N) is 1. The normalized spacial score (nSPS) is 15.9. The molecule has 3 rings (SSSR count). The minimum atomic E-state index is 0.0562. The number of carbonyl (C=O) groups excluding carboxylic acids is 1. The molecule has 0 aliphatic heterocycles. The number of hydrogen-bond acceptors (Lipinski definition) is 4. The lowest BCUT2D eigenvalue weighted by atomic mass is 10.1. The van der Waals surface area contributed by atoms with Gasteiger partial charge in [-0.15, -0.1) is 5.10 Å². The molecule has 1 saturated carbocycles. The second kappa shape index (κ2) is 5.03. The lowest BCUT2D eigenvalue weighted by molar-refractivity contribution is -0.119. The van der Waals surface area contributed by atoms with Crippen molar-refractivity contribution < 1.29 is 4.79 Å². The van der Waals surface area contributed by atoms with Gasteiger partial charge in [-0.2, -0.15) is 0 Å². The van der Waals surface area contributed by atoms with Crippen LogP contribution in [0.2, 0.25) is 0 Å². The second-order valence-corrected chi connectivity index (χ2v) is 5.29. The van der Waals surface area contributed by atoms with E-state index < -0.39 is 0 Å². The topological polar surface area (TPSA) is 72.7 Å². The van der Waals surface area contributed by atoms with Crippen LogP contribution in [0.3, 0.4) is 0 Å². The molecule has 1 aliphatic carbocycles. The van der Waals surface area contributed by atoms with E-state index in [1.54, 1.807) is 11.7 Å². The third kappa shape index (κ3) is 2.41. The predicted molar refractivity (Wildman–Crippen MR) is 74.8 cm³/mol. The van der Waals surface area contributed by atoms with Crippen molar-refractivity contribution in [3.63, 3.8) is 0 Å². The molecule has 1 atom stereocenters. The predicted octanol–water partition coefficient (Wildman–Crippen LogP) is 1.86. The maximum absolute atomic E-state index is 12.2. The molecule has 2 aromatic rings. The lowest BCUT2D eigenvalue weighted by Gasteiger charge is -2.13. The lowest BCUT2D eigenvalue weighted by Crippen LogP contribution is -2.22. The van der Waals surface area contributed by atoms with Gasteiger partial charge in [0, 0.05) is 18.5 Å². The third-order valence-corrected chi connectivity index (χ3v) is 3.79. The van der Waals surface area contributed by atoms with Crippen molar-refractivity contribution in [3.05, 3.63) is 24.3 Å². The average molecular weight is 271 g/mol. The van der Waals surface area contributed by atoms with E-state index in [9.17, 15) is 4.79 Å². The van der Waals surface area contributed by atoms with E-state index in [0.29, 0.717) is 11.7 Å². The molecule has 104 valence electrons. The first kappa shape index (κ1) is 12.8. The molecule has 1 aromatic carbocycles. The molecule has 0 radical (unpaired) electrons. The van der Waals surface area contributed by atoms with E-state index in [-0.39, 0.29) is 11.8 Å². The summed E-state index contributed by atoms with van der Waals surface area (Å²) in [6.45, 7) is 1.99. The van der Waals surface area contributed by atoms with Gasteiger partial charge >= 0.3 is 0 Å². The molecule has 0 bridgehead atoms. The second-order valence-electron chi connectivity index (χ2n) is 5.29. The first-order valence-electron chi connectivity index (χ1n) is 6.79. The summed E-state index contributed by atoms with van der Waals surface area (Å²) in [5.74, 6) is 1.30. The zero-order valence-electron chi connectivity index (χ0n) is 11.6. The van der Waals surface area contributed by atoms with E-state index in [1.165, 1.54) is 0 Å². The fraction of sp³-hybridized carbons (Fsp3) is 0.429. The van der Waals surface area contributed by atoms with Gasteiger partial charge in [-0.3, -0.25) is 4.79 Å². The minimum Gasteiger partial charge on any atom is -0.325 e. The van der Waals surface area contributed by atoms with Crippen LogP contribution in [-0.2, 0) is 11.8 Å². The highest BCUT2D eigenvalue weighted by molar-refractivity contribution is 5.96. The van der Waals surface area contributed by atoms with Crippen LogP contribution in [-0.4, -0.2) is 26.1 Å². The summed E-state index contributed by atoms with van der Waals surface area (Å²) in [5, 5.41) is 14.5. The SMILES string of the molecule is CC(C(=O)Nc1ccccc1-c1nnnn1C)C1CC1. The van der Waals surface area contributed by atoms with Crippen molar-refractivity contribution in [2.45, 2.75) is 19.8 Å². The number of hydrogen-bond donors (Lipinski definition) is 1. The van der Waals surface area contributed by atoms with Gasteiger partial charge in [-0.05, 0) is 41.3 Å². The van der Waals surface area contributed by atoms with Crippen LogP contribution in [0.15, 0.2) is 24.3 Å². The van der Waals surface area contributed by atoms with Gasteiger partial charge in [0.1, 0.15) is 0 Å². The third-order valence-electron chi connectivity index (χ3n) is 3.79. The first-order chi connectivity index (χ1) is 9.66. The summed E-state index contributed by atoms with van der Waals surface area (Å²) in [6, 6.07) is 7.58. The van der Waals surface area contributed by atoms with E-state index in [0.717, 1.165) is 24.1 Å². The largest absolute Gasteiger partial charge is 0.325 e. The van der Waals surface area contributed by atoms with Crippen LogP contribution < -0.4 is 5.32 Å². The summed E-state index contributed by atoms with van der Waals surface area (Å²) in [5.41, 5.74) is 1.58. The molecule has 1 N–H and O–H groups in total. The Labute approximate surface area is 117 Å². The van der Waals surface area contributed by atoms with Crippen LogP contribution in [0.25, 0.3) is 11.4 Å². The smallest absolute Gasteiger partial charge is 0.227 e. The van der Waals surface area contributed by atoms with E-state index in [4.69, 9.17) is 0 Å². The molecule has 6 nitrogen and oxygen atoms in total. The van der Waals surface area contributed by atoms with E-state index >= 15 is 0 Å². The summed E-state index contributed by atoms with van der Waals surface area (Å²) >= 11 is 0. The standard InChI is InChI=1S/C14H17N5O/c1-9(10-7-8-10)14(20)15-12-6-4-3-5-11(12)13-16-17-18-19(13)2/h3-6,9-10H,7-8H2,1-2H3,(H,15,20). The molecular formula is C14H17N5O. The van der Waals surface area contributed by atoms with Crippen LogP contribution in [0.1, 0.15) is 19.8 Å². The Bertz CT molecular complexity index is 632. The van der Waals surface area contributed by atoms with Crippen LogP contribution in [0, 0.1) is 11.8 Å². The molecule has 0 saturated heterocycles. The number of carbonyl (C=O) groups is 1. The zero-order valence-corrected chi connectivity index (χ0v) is 11.6. The quantitative estimate of drug-likeness (QED) is 0.921. The fourth-order valence-corrected chi connectivity index (χ4v) is 2.30. The zero-order chi connectivity index (χ0) is 14.1. The molecule has 1 unspecified atom stereocenters. The molecule has 1 fully saturated rings. The number of rotatable bonds is 4. The molecule has 1 aromatic heterocycles. The Morgan fingerprint density at radius 3 is 2.80 bits per heavy atom. The molecule has 6 heteroatoms. The van der Waals surface area contributed by atoms with Gasteiger partial charge in [0.2, 0.25) is 5.91 Å². The summed E-state index contributed by atoms with van der Waals surface area (Å²) in [6.07, 6.45) is 2.31. The van der Waals surface area contributed by atoms with Crippen molar-refractivity contribution in [1.82, 2.24) is 20.2 Å². The van der Waals surface area contributed by atoms with E-state index in [1.807, 2.05) is 31.2 Å².